The number of hydrogen-bond acceptors (Lipinski definition) is 6. The molecular formula is C21H32O6. The molecule has 0 amide bonds. The van der Waals surface area contributed by atoms with Gasteiger partial charge in [-0.1, -0.05) is 43.7 Å². The van der Waals surface area contributed by atoms with Crippen LogP contribution >= 0.6 is 0 Å². The zero-order chi connectivity index (χ0) is 19.9. The average molecular weight is 380 g/mol. The van der Waals surface area contributed by atoms with Crippen molar-refractivity contribution in [3.05, 3.63) is 35.9 Å². The first-order chi connectivity index (χ1) is 13.0. The van der Waals surface area contributed by atoms with Crippen LogP contribution in [-0.2, 0) is 35.1 Å². The maximum Gasteiger partial charge on any atom is 0.308 e. The molecule has 0 aromatic heterocycles. The highest BCUT2D eigenvalue weighted by Crippen LogP contribution is 2.08. The molecule has 0 aliphatic rings. The fourth-order valence-electron chi connectivity index (χ4n) is 2.32. The molecule has 2 unspecified atom stereocenters. The predicted octanol–water partition coefficient (Wildman–Crippen LogP) is 4.36. The van der Waals surface area contributed by atoms with Gasteiger partial charge in [0.25, 0.3) is 0 Å². The van der Waals surface area contributed by atoms with Crippen LogP contribution in [0.5, 0.6) is 0 Å². The van der Waals surface area contributed by atoms with Gasteiger partial charge in [-0.2, -0.15) is 0 Å². The molecule has 6 nitrogen and oxygen atoms in total. The Balaban J connectivity index is 2.06. The Labute approximate surface area is 162 Å². The summed E-state index contributed by atoms with van der Waals surface area (Å²) in [6, 6.07) is 9.52. The Hall–Kier alpha value is -1.92. The third-order valence-electron chi connectivity index (χ3n) is 3.79. The minimum Gasteiger partial charge on any atom is -0.461 e. The standard InChI is InChI=1S/C21H32O6/c1-4-5-15-24-17(2)26-18(3)27-21(23)14-10-9-13-20(22)25-16-19-11-7-6-8-12-19/h6-8,11-12,17-18H,4-5,9-10,13-16H2,1-3H3. The minimum atomic E-state index is -0.662. The van der Waals surface area contributed by atoms with E-state index >= 15 is 0 Å². The van der Waals surface area contributed by atoms with Crippen LogP contribution in [0.1, 0.15) is 64.9 Å². The van der Waals surface area contributed by atoms with Gasteiger partial charge in [-0.25, -0.2) is 0 Å². The minimum absolute atomic E-state index is 0.241. The van der Waals surface area contributed by atoms with E-state index in [1.165, 1.54) is 0 Å². The Morgan fingerprint density at radius 2 is 1.59 bits per heavy atom. The molecule has 6 heteroatoms. The number of carbonyl (C=O) groups excluding carboxylic acids is 2. The van der Waals surface area contributed by atoms with Crippen molar-refractivity contribution in [3.63, 3.8) is 0 Å². The van der Waals surface area contributed by atoms with Crippen LogP contribution in [-0.4, -0.2) is 31.1 Å². The van der Waals surface area contributed by atoms with E-state index in [-0.39, 0.29) is 31.4 Å². The largest absolute Gasteiger partial charge is 0.461 e. The lowest BCUT2D eigenvalue weighted by molar-refractivity contribution is -0.229. The van der Waals surface area contributed by atoms with Crippen molar-refractivity contribution in [1.82, 2.24) is 0 Å². The number of carbonyl (C=O) groups is 2. The number of rotatable bonds is 14. The molecule has 1 aromatic rings. The molecule has 1 aromatic carbocycles. The lowest BCUT2D eigenvalue weighted by Gasteiger charge is -2.19. The van der Waals surface area contributed by atoms with Crippen molar-refractivity contribution in [2.24, 2.45) is 0 Å². The topological polar surface area (TPSA) is 71.1 Å². The van der Waals surface area contributed by atoms with Crippen molar-refractivity contribution in [2.45, 2.75) is 78.5 Å². The number of ether oxygens (including phenoxy) is 4. The van der Waals surface area contributed by atoms with E-state index in [0.717, 1.165) is 18.4 Å². The van der Waals surface area contributed by atoms with Gasteiger partial charge in [0, 0.05) is 19.4 Å². The van der Waals surface area contributed by atoms with Gasteiger partial charge in [-0.3, -0.25) is 9.59 Å². The summed E-state index contributed by atoms with van der Waals surface area (Å²) in [7, 11) is 0. The second kappa shape index (κ2) is 14.2. The summed E-state index contributed by atoms with van der Waals surface area (Å²) >= 11 is 0. The van der Waals surface area contributed by atoms with Gasteiger partial charge < -0.3 is 18.9 Å². The lowest BCUT2D eigenvalue weighted by Crippen LogP contribution is -2.25. The summed E-state index contributed by atoms with van der Waals surface area (Å²) in [5, 5.41) is 0. The fourth-order valence-corrected chi connectivity index (χ4v) is 2.32. The average Bonchev–Trinajstić information content (AvgIpc) is 2.64. The van der Waals surface area contributed by atoms with Gasteiger partial charge in [0.2, 0.25) is 6.29 Å². The van der Waals surface area contributed by atoms with Crippen LogP contribution in [0.15, 0.2) is 30.3 Å². The maximum atomic E-state index is 11.8. The zero-order valence-electron chi connectivity index (χ0n) is 16.6. The Morgan fingerprint density at radius 3 is 2.26 bits per heavy atom. The van der Waals surface area contributed by atoms with Crippen molar-refractivity contribution >= 4 is 11.9 Å². The van der Waals surface area contributed by atoms with Crippen LogP contribution in [0.25, 0.3) is 0 Å². The SMILES string of the molecule is CCCCOC(C)OC(C)OC(=O)CCCCC(=O)OCc1ccccc1. The van der Waals surface area contributed by atoms with E-state index in [0.29, 0.717) is 19.4 Å². The van der Waals surface area contributed by atoms with Gasteiger partial charge in [0.05, 0.1) is 0 Å². The van der Waals surface area contributed by atoms with Crippen molar-refractivity contribution in [3.8, 4) is 0 Å². The quantitative estimate of drug-likeness (QED) is 0.271. The summed E-state index contributed by atoms with van der Waals surface area (Å²) in [6.45, 7) is 6.43. The fraction of sp³-hybridized carbons (Fsp3) is 0.619. The molecule has 0 saturated carbocycles. The lowest BCUT2D eigenvalue weighted by atomic mass is 10.2. The van der Waals surface area contributed by atoms with Gasteiger partial charge in [0.15, 0.2) is 6.29 Å². The number of unbranched alkanes of at least 4 members (excludes halogenated alkanes) is 2. The smallest absolute Gasteiger partial charge is 0.308 e. The van der Waals surface area contributed by atoms with E-state index in [4.69, 9.17) is 18.9 Å². The molecule has 1 rings (SSSR count). The Morgan fingerprint density at radius 1 is 0.926 bits per heavy atom. The first-order valence-electron chi connectivity index (χ1n) is 9.67. The zero-order valence-corrected chi connectivity index (χ0v) is 16.6. The summed E-state index contributed by atoms with van der Waals surface area (Å²) in [5.74, 6) is -0.608. The predicted molar refractivity (Wildman–Crippen MR) is 102 cm³/mol. The van der Waals surface area contributed by atoms with Crippen molar-refractivity contribution in [1.29, 1.82) is 0 Å². The monoisotopic (exact) mass is 380 g/mol. The summed E-state index contributed by atoms with van der Waals surface area (Å²) in [6.07, 6.45) is 2.61. The first kappa shape index (κ1) is 23.1. The molecule has 2 atom stereocenters. The molecule has 152 valence electrons. The molecule has 0 fully saturated rings. The van der Waals surface area contributed by atoms with Crippen LogP contribution in [0.4, 0.5) is 0 Å². The second-order valence-electron chi connectivity index (χ2n) is 6.34. The van der Waals surface area contributed by atoms with Gasteiger partial charge >= 0.3 is 11.9 Å². The maximum absolute atomic E-state index is 11.8. The van der Waals surface area contributed by atoms with E-state index in [1.54, 1.807) is 13.8 Å². The summed E-state index contributed by atoms with van der Waals surface area (Å²) < 4.78 is 21.3. The third-order valence-corrected chi connectivity index (χ3v) is 3.79. The van der Waals surface area contributed by atoms with Crippen LogP contribution < -0.4 is 0 Å². The highest BCUT2D eigenvalue weighted by molar-refractivity contribution is 5.70. The van der Waals surface area contributed by atoms with Crippen LogP contribution in [0, 0.1) is 0 Å². The molecule has 0 spiro atoms. The van der Waals surface area contributed by atoms with E-state index in [2.05, 4.69) is 6.92 Å². The van der Waals surface area contributed by atoms with Crippen molar-refractivity contribution in [2.75, 3.05) is 6.61 Å². The number of benzene rings is 1. The molecule has 0 heterocycles. The highest BCUT2D eigenvalue weighted by atomic mass is 16.8. The van der Waals surface area contributed by atoms with Crippen LogP contribution in [0.2, 0.25) is 0 Å². The number of hydrogen-bond donors (Lipinski definition) is 0. The van der Waals surface area contributed by atoms with E-state index < -0.39 is 12.6 Å². The van der Waals surface area contributed by atoms with E-state index in [9.17, 15) is 9.59 Å². The number of esters is 2. The molecular weight excluding hydrogens is 348 g/mol. The van der Waals surface area contributed by atoms with E-state index in [1.807, 2.05) is 30.3 Å². The first-order valence-corrected chi connectivity index (χ1v) is 9.67. The van der Waals surface area contributed by atoms with Gasteiger partial charge in [-0.05, 0) is 38.7 Å². The Kier molecular flexibility index (Phi) is 12.1. The summed E-state index contributed by atoms with van der Waals surface area (Å²) in [4.78, 5) is 23.5. The molecule has 0 aliphatic carbocycles. The molecule has 0 radical (unpaired) electrons. The Bertz CT molecular complexity index is 531. The molecule has 0 aliphatic heterocycles. The second-order valence-corrected chi connectivity index (χ2v) is 6.34. The normalized spacial score (nSPS) is 13.0. The van der Waals surface area contributed by atoms with Gasteiger partial charge in [-0.15, -0.1) is 0 Å². The van der Waals surface area contributed by atoms with Gasteiger partial charge in [0.1, 0.15) is 6.61 Å². The van der Waals surface area contributed by atoms with Crippen molar-refractivity contribution < 1.29 is 28.5 Å². The highest BCUT2D eigenvalue weighted by Gasteiger charge is 2.13. The van der Waals surface area contributed by atoms with Crippen LogP contribution in [0.3, 0.4) is 0 Å². The molecule has 0 saturated heterocycles. The molecule has 0 N–H and O–H groups in total. The third kappa shape index (κ3) is 12.2. The molecule has 27 heavy (non-hydrogen) atoms. The molecule has 0 bridgehead atoms. The summed E-state index contributed by atoms with van der Waals surface area (Å²) in [5.41, 5.74) is 0.955.